The van der Waals surface area contributed by atoms with E-state index in [0.717, 1.165) is 35.3 Å². The number of aryl methyl sites for hydroxylation is 2. The summed E-state index contributed by atoms with van der Waals surface area (Å²) in [5.41, 5.74) is 6.65. The lowest BCUT2D eigenvalue weighted by atomic mass is 10.0. The third kappa shape index (κ3) is 3.18. The fourth-order valence-electron chi connectivity index (χ4n) is 3.52. The maximum Gasteiger partial charge on any atom is 0.115 e. The maximum absolute atomic E-state index is 4.77. The van der Waals surface area contributed by atoms with Gasteiger partial charge in [-0.1, -0.05) is 36.4 Å². The number of aromatic nitrogens is 5. The molecule has 0 aliphatic heterocycles. The van der Waals surface area contributed by atoms with Crippen LogP contribution in [0.3, 0.4) is 0 Å². The van der Waals surface area contributed by atoms with Crippen LogP contribution in [0.1, 0.15) is 5.56 Å². The summed E-state index contributed by atoms with van der Waals surface area (Å²) in [6, 6.07) is 18.8. The lowest BCUT2D eigenvalue weighted by Gasteiger charge is -2.04. The van der Waals surface area contributed by atoms with Crippen molar-refractivity contribution in [3.8, 4) is 22.4 Å². The quantitative estimate of drug-likeness (QED) is 0.490. The van der Waals surface area contributed by atoms with E-state index in [1.165, 1.54) is 16.5 Å². The van der Waals surface area contributed by atoms with Crippen molar-refractivity contribution in [3.63, 3.8) is 0 Å². The van der Waals surface area contributed by atoms with E-state index < -0.39 is 0 Å². The van der Waals surface area contributed by atoms with Gasteiger partial charge in [-0.15, -0.1) is 0 Å². The fraction of sp³-hybridized carbons (Fsp3) is 0.0870. The first-order valence-corrected chi connectivity index (χ1v) is 9.31. The molecule has 0 fully saturated rings. The van der Waals surface area contributed by atoms with Crippen molar-refractivity contribution in [3.05, 3.63) is 91.3 Å². The lowest BCUT2D eigenvalue weighted by Crippen LogP contribution is -2.01. The summed E-state index contributed by atoms with van der Waals surface area (Å²) in [4.78, 5) is 11.5. The molecular weight excluding hydrogens is 346 g/mol. The summed E-state index contributed by atoms with van der Waals surface area (Å²) in [6.07, 6.45) is 10.3. The molecule has 3 heterocycles. The van der Waals surface area contributed by atoms with Gasteiger partial charge in [0.2, 0.25) is 0 Å². The molecule has 136 valence electrons. The van der Waals surface area contributed by atoms with Gasteiger partial charge < -0.3 is 4.98 Å². The Hall–Kier alpha value is -3.73. The summed E-state index contributed by atoms with van der Waals surface area (Å²) in [7, 11) is 0. The summed E-state index contributed by atoms with van der Waals surface area (Å²) in [5.74, 6) is 0. The molecule has 0 aliphatic carbocycles. The zero-order valence-electron chi connectivity index (χ0n) is 15.3. The van der Waals surface area contributed by atoms with E-state index in [-0.39, 0.29) is 0 Å². The van der Waals surface area contributed by atoms with Gasteiger partial charge >= 0.3 is 0 Å². The molecule has 5 rings (SSSR count). The van der Waals surface area contributed by atoms with Gasteiger partial charge in [-0.2, -0.15) is 5.10 Å². The van der Waals surface area contributed by atoms with Crippen LogP contribution in [0.4, 0.5) is 0 Å². The molecule has 2 aromatic carbocycles. The van der Waals surface area contributed by atoms with Gasteiger partial charge in [-0.05, 0) is 35.7 Å². The van der Waals surface area contributed by atoms with Crippen LogP contribution in [-0.4, -0.2) is 24.7 Å². The number of hydrogen-bond acceptors (Lipinski definition) is 3. The number of aromatic amines is 1. The summed E-state index contributed by atoms with van der Waals surface area (Å²) < 4.78 is 2.01. The number of rotatable bonds is 5. The molecular formula is C23H19N5. The second-order valence-electron chi connectivity index (χ2n) is 6.78. The van der Waals surface area contributed by atoms with E-state index >= 15 is 0 Å². The zero-order valence-corrected chi connectivity index (χ0v) is 15.3. The van der Waals surface area contributed by atoms with Crippen LogP contribution in [0.5, 0.6) is 0 Å². The average Bonchev–Trinajstić information content (AvgIpc) is 3.40. The lowest BCUT2D eigenvalue weighted by molar-refractivity contribution is 0.618. The van der Waals surface area contributed by atoms with Gasteiger partial charge in [0.25, 0.3) is 0 Å². The Balaban J connectivity index is 1.35. The molecule has 5 aromatic rings. The minimum absolute atomic E-state index is 0.841. The highest BCUT2D eigenvalue weighted by Gasteiger charge is 2.07. The van der Waals surface area contributed by atoms with Crippen LogP contribution in [0, 0.1) is 0 Å². The van der Waals surface area contributed by atoms with E-state index in [9.17, 15) is 0 Å². The smallest absolute Gasteiger partial charge is 0.115 e. The van der Waals surface area contributed by atoms with E-state index in [1.54, 1.807) is 6.33 Å². The summed E-state index contributed by atoms with van der Waals surface area (Å²) in [6.45, 7) is 0.841. The van der Waals surface area contributed by atoms with E-state index in [1.807, 2.05) is 29.3 Å². The second-order valence-corrected chi connectivity index (χ2v) is 6.78. The number of nitrogens with one attached hydrogen (secondary N) is 1. The van der Waals surface area contributed by atoms with Crippen molar-refractivity contribution >= 4 is 10.9 Å². The monoisotopic (exact) mass is 365 g/mol. The summed E-state index contributed by atoms with van der Waals surface area (Å²) in [5, 5.41) is 6.05. The van der Waals surface area contributed by atoms with Gasteiger partial charge in [0.1, 0.15) is 6.33 Å². The van der Waals surface area contributed by atoms with E-state index in [4.69, 9.17) is 5.10 Å². The highest BCUT2D eigenvalue weighted by atomic mass is 15.3. The number of H-pyrrole nitrogens is 1. The third-order valence-electron chi connectivity index (χ3n) is 4.98. The van der Waals surface area contributed by atoms with Gasteiger partial charge in [0, 0.05) is 53.4 Å². The first-order valence-electron chi connectivity index (χ1n) is 9.31. The van der Waals surface area contributed by atoms with Gasteiger partial charge in [0.05, 0.1) is 5.69 Å². The Morgan fingerprint density at radius 3 is 2.64 bits per heavy atom. The topological polar surface area (TPSA) is 59.4 Å². The molecule has 0 bridgehead atoms. The maximum atomic E-state index is 4.77. The minimum atomic E-state index is 0.841. The Kier molecular flexibility index (Phi) is 4.18. The number of para-hydroxylation sites is 1. The molecule has 0 radical (unpaired) electrons. The van der Waals surface area contributed by atoms with Gasteiger partial charge in [0.15, 0.2) is 0 Å². The Morgan fingerprint density at radius 1 is 0.857 bits per heavy atom. The van der Waals surface area contributed by atoms with Crippen molar-refractivity contribution in [2.24, 2.45) is 0 Å². The Labute approximate surface area is 162 Å². The number of hydrogen-bond donors (Lipinski definition) is 1. The third-order valence-corrected chi connectivity index (χ3v) is 4.98. The Morgan fingerprint density at radius 2 is 1.71 bits per heavy atom. The normalized spacial score (nSPS) is 11.1. The molecule has 0 atom stereocenters. The molecule has 3 aromatic heterocycles. The van der Waals surface area contributed by atoms with Gasteiger partial charge in [-0.25, -0.2) is 9.97 Å². The summed E-state index contributed by atoms with van der Waals surface area (Å²) >= 11 is 0. The first kappa shape index (κ1) is 16.4. The minimum Gasteiger partial charge on any atom is -0.361 e. The average molecular weight is 365 g/mol. The predicted octanol–water partition coefficient (Wildman–Crippen LogP) is 4.73. The molecule has 0 aliphatic rings. The number of fused-ring (bicyclic) bond motifs is 1. The van der Waals surface area contributed by atoms with Crippen LogP contribution in [-0.2, 0) is 13.0 Å². The Bertz CT molecular complexity index is 1220. The number of benzene rings is 2. The second kappa shape index (κ2) is 7.12. The molecule has 0 saturated carbocycles. The molecule has 5 nitrogen and oxygen atoms in total. The predicted molar refractivity (Wildman–Crippen MR) is 111 cm³/mol. The van der Waals surface area contributed by atoms with Crippen LogP contribution in [0.2, 0.25) is 0 Å². The molecule has 28 heavy (non-hydrogen) atoms. The van der Waals surface area contributed by atoms with Crippen molar-refractivity contribution in [1.82, 2.24) is 24.7 Å². The van der Waals surface area contributed by atoms with Gasteiger partial charge in [-0.3, -0.25) is 4.68 Å². The van der Waals surface area contributed by atoms with E-state index in [2.05, 4.69) is 69.7 Å². The number of nitrogens with zero attached hydrogens (tertiary/aromatic N) is 4. The fourth-order valence-corrected chi connectivity index (χ4v) is 3.52. The van der Waals surface area contributed by atoms with Crippen molar-refractivity contribution in [2.75, 3.05) is 0 Å². The van der Waals surface area contributed by atoms with Crippen LogP contribution in [0.25, 0.3) is 33.3 Å². The van der Waals surface area contributed by atoms with Crippen LogP contribution >= 0.6 is 0 Å². The zero-order chi connectivity index (χ0) is 18.8. The van der Waals surface area contributed by atoms with E-state index in [0.29, 0.717) is 0 Å². The SMILES string of the molecule is c1cc(-c2cncnc2)cc(-c2ccn(CCc3c[nH]c4ccccc34)n2)c1. The van der Waals surface area contributed by atoms with Crippen molar-refractivity contribution in [2.45, 2.75) is 13.0 Å². The molecule has 0 unspecified atom stereocenters. The molecule has 0 amide bonds. The standard InChI is InChI=1S/C23H19N5/c1-2-7-23-21(6-1)19(15-26-23)8-10-28-11-9-22(27-28)18-5-3-4-17(12-18)20-13-24-16-25-14-20/h1-7,9,11-16,26H,8,10H2. The first-order chi connectivity index (χ1) is 13.9. The van der Waals surface area contributed by atoms with Crippen LogP contribution < -0.4 is 0 Å². The molecule has 5 heteroatoms. The van der Waals surface area contributed by atoms with Crippen molar-refractivity contribution < 1.29 is 0 Å². The largest absolute Gasteiger partial charge is 0.361 e. The molecule has 0 spiro atoms. The highest BCUT2D eigenvalue weighted by Crippen LogP contribution is 2.25. The molecule has 1 N–H and O–H groups in total. The van der Waals surface area contributed by atoms with Crippen molar-refractivity contribution in [1.29, 1.82) is 0 Å². The molecule has 0 saturated heterocycles. The van der Waals surface area contributed by atoms with Crippen LogP contribution in [0.15, 0.2) is 85.7 Å². The highest BCUT2D eigenvalue weighted by molar-refractivity contribution is 5.83.